The fraction of sp³-hybridized carbons (Fsp3) is 0.267. The lowest BCUT2D eigenvalue weighted by Gasteiger charge is -2.13. The van der Waals surface area contributed by atoms with E-state index in [1.54, 1.807) is 13.8 Å². The number of aromatic nitrogens is 2. The molecule has 2 aromatic rings. The summed E-state index contributed by atoms with van der Waals surface area (Å²) in [7, 11) is 0. The van der Waals surface area contributed by atoms with Crippen molar-refractivity contribution in [1.82, 2.24) is 9.97 Å². The molecule has 0 saturated carbocycles. The molecule has 2 N–H and O–H groups in total. The lowest BCUT2D eigenvalue weighted by atomic mass is 10.2. The van der Waals surface area contributed by atoms with Gasteiger partial charge in [-0.05, 0) is 32.4 Å². The van der Waals surface area contributed by atoms with Crippen LogP contribution in [0.15, 0.2) is 40.3 Å². The van der Waals surface area contributed by atoms with Crippen LogP contribution in [0.1, 0.15) is 18.2 Å². The number of thioether (sulfide) groups is 1. The van der Waals surface area contributed by atoms with E-state index in [4.69, 9.17) is 0 Å². The highest BCUT2D eigenvalue weighted by atomic mass is 32.2. The molecule has 0 aliphatic heterocycles. The molecule has 0 aliphatic rings. The zero-order chi connectivity index (χ0) is 15.4. The molecule has 5 nitrogen and oxygen atoms in total. The van der Waals surface area contributed by atoms with Gasteiger partial charge in [0, 0.05) is 17.4 Å². The van der Waals surface area contributed by atoms with E-state index >= 15 is 0 Å². The predicted octanol–water partition coefficient (Wildman–Crippen LogP) is 2.51. The molecule has 0 radical (unpaired) electrons. The first-order valence-corrected chi connectivity index (χ1v) is 7.45. The number of aromatic amines is 1. The van der Waals surface area contributed by atoms with Crippen LogP contribution < -0.4 is 10.9 Å². The quantitative estimate of drug-likeness (QED) is 0.672. The summed E-state index contributed by atoms with van der Waals surface area (Å²) in [6.07, 6.45) is 0. The number of rotatable bonds is 4. The van der Waals surface area contributed by atoms with Gasteiger partial charge in [-0.15, -0.1) is 0 Å². The minimum absolute atomic E-state index is 0.126. The predicted molar refractivity (Wildman–Crippen MR) is 84.7 cm³/mol. The third kappa shape index (κ3) is 4.19. The van der Waals surface area contributed by atoms with Crippen LogP contribution >= 0.6 is 11.8 Å². The average Bonchev–Trinajstić information content (AvgIpc) is 2.40. The van der Waals surface area contributed by atoms with Gasteiger partial charge in [-0.3, -0.25) is 9.59 Å². The van der Waals surface area contributed by atoms with E-state index in [0.29, 0.717) is 10.9 Å². The second-order valence-electron chi connectivity index (χ2n) is 4.76. The highest BCUT2D eigenvalue weighted by Gasteiger charge is 2.16. The number of amides is 1. The molecule has 1 aromatic heterocycles. The highest BCUT2D eigenvalue weighted by Crippen LogP contribution is 2.21. The van der Waals surface area contributed by atoms with Gasteiger partial charge in [0.05, 0.1) is 5.25 Å². The van der Waals surface area contributed by atoms with E-state index < -0.39 is 0 Å². The molecule has 0 saturated heterocycles. The Kier molecular flexibility index (Phi) is 4.80. The minimum atomic E-state index is -0.366. The smallest absolute Gasteiger partial charge is 0.251 e. The molecule has 0 unspecified atom stereocenters. The molecule has 1 heterocycles. The molecule has 2 rings (SSSR count). The van der Waals surface area contributed by atoms with Gasteiger partial charge in [0.2, 0.25) is 5.91 Å². The Morgan fingerprint density at radius 3 is 2.71 bits per heavy atom. The molecule has 6 heteroatoms. The number of benzene rings is 1. The largest absolute Gasteiger partial charge is 0.325 e. The summed E-state index contributed by atoms with van der Waals surface area (Å²) in [5.74, 6) is -0.126. The van der Waals surface area contributed by atoms with Crippen molar-refractivity contribution >= 4 is 23.4 Å². The standard InChI is InChI=1S/C15H17N3O2S/c1-9-6-4-5-7-12(9)17-14(20)11(3)21-15-16-10(2)8-13(19)18-15/h4-8,11H,1-3H3,(H,17,20)(H,16,18,19)/t11-/m1/s1. The molecule has 21 heavy (non-hydrogen) atoms. The maximum atomic E-state index is 12.2. The summed E-state index contributed by atoms with van der Waals surface area (Å²) in [6, 6.07) is 9.01. The van der Waals surface area contributed by atoms with Gasteiger partial charge in [-0.1, -0.05) is 30.0 Å². The molecule has 0 fully saturated rings. The fourth-order valence-electron chi connectivity index (χ4n) is 1.78. The number of aryl methyl sites for hydroxylation is 2. The number of nitrogens with one attached hydrogen (secondary N) is 2. The summed E-state index contributed by atoms with van der Waals surface area (Å²) in [5.41, 5.74) is 2.22. The van der Waals surface area contributed by atoms with Gasteiger partial charge in [0.15, 0.2) is 5.16 Å². The lowest BCUT2D eigenvalue weighted by Crippen LogP contribution is -2.23. The Bertz CT molecular complexity index is 712. The van der Waals surface area contributed by atoms with Crippen LogP contribution in [0.3, 0.4) is 0 Å². The van der Waals surface area contributed by atoms with Gasteiger partial charge >= 0.3 is 0 Å². The van der Waals surface area contributed by atoms with Crippen molar-refractivity contribution in [2.24, 2.45) is 0 Å². The lowest BCUT2D eigenvalue weighted by molar-refractivity contribution is -0.115. The van der Waals surface area contributed by atoms with Crippen LogP contribution in [-0.2, 0) is 4.79 Å². The topological polar surface area (TPSA) is 74.8 Å². The third-order valence-electron chi connectivity index (χ3n) is 2.91. The fourth-order valence-corrected chi connectivity index (χ4v) is 2.63. The van der Waals surface area contributed by atoms with E-state index in [2.05, 4.69) is 15.3 Å². The van der Waals surface area contributed by atoms with Crippen LogP contribution in [0.25, 0.3) is 0 Å². The average molecular weight is 303 g/mol. The van der Waals surface area contributed by atoms with E-state index in [1.165, 1.54) is 17.8 Å². The summed E-state index contributed by atoms with van der Waals surface area (Å²) in [5, 5.41) is 2.97. The number of anilines is 1. The molecular weight excluding hydrogens is 286 g/mol. The van der Waals surface area contributed by atoms with Crippen molar-refractivity contribution in [3.05, 3.63) is 51.9 Å². The Morgan fingerprint density at radius 1 is 1.33 bits per heavy atom. The molecule has 0 bridgehead atoms. The van der Waals surface area contributed by atoms with Crippen molar-refractivity contribution in [3.63, 3.8) is 0 Å². The third-order valence-corrected chi connectivity index (χ3v) is 3.89. The van der Waals surface area contributed by atoms with Gasteiger partial charge in [-0.25, -0.2) is 4.98 Å². The van der Waals surface area contributed by atoms with E-state index in [9.17, 15) is 9.59 Å². The first-order chi connectivity index (χ1) is 9.95. The Hall–Kier alpha value is -2.08. The van der Waals surface area contributed by atoms with Crippen molar-refractivity contribution < 1.29 is 4.79 Å². The summed E-state index contributed by atoms with van der Waals surface area (Å²) in [4.78, 5) is 30.4. The van der Waals surface area contributed by atoms with Crippen molar-refractivity contribution in [2.45, 2.75) is 31.2 Å². The van der Waals surface area contributed by atoms with Crippen LogP contribution in [-0.4, -0.2) is 21.1 Å². The number of para-hydroxylation sites is 1. The second kappa shape index (κ2) is 6.58. The number of H-pyrrole nitrogens is 1. The summed E-state index contributed by atoms with van der Waals surface area (Å²) in [6.45, 7) is 5.46. The first-order valence-electron chi connectivity index (χ1n) is 6.57. The van der Waals surface area contributed by atoms with Crippen molar-refractivity contribution in [3.8, 4) is 0 Å². The normalized spacial score (nSPS) is 12.0. The number of nitrogens with zero attached hydrogens (tertiary/aromatic N) is 1. The molecular formula is C15H17N3O2S. The number of hydrogen-bond donors (Lipinski definition) is 2. The zero-order valence-electron chi connectivity index (χ0n) is 12.1. The molecule has 1 aromatic carbocycles. The molecule has 1 atom stereocenters. The van der Waals surface area contributed by atoms with Crippen LogP contribution in [0.4, 0.5) is 5.69 Å². The molecule has 110 valence electrons. The Labute approximate surface area is 127 Å². The van der Waals surface area contributed by atoms with Crippen LogP contribution in [0.2, 0.25) is 0 Å². The number of carbonyl (C=O) groups excluding carboxylic acids is 1. The summed E-state index contributed by atoms with van der Waals surface area (Å²) >= 11 is 1.23. The maximum Gasteiger partial charge on any atom is 0.251 e. The Morgan fingerprint density at radius 2 is 2.05 bits per heavy atom. The van der Waals surface area contributed by atoms with Crippen LogP contribution in [0.5, 0.6) is 0 Å². The minimum Gasteiger partial charge on any atom is -0.325 e. The number of hydrogen-bond acceptors (Lipinski definition) is 4. The highest BCUT2D eigenvalue weighted by molar-refractivity contribution is 8.00. The maximum absolute atomic E-state index is 12.2. The molecule has 1 amide bonds. The zero-order valence-corrected chi connectivity index (χ0v) is 13.0. The number of carbonyl (C=O) groups is 1. The van der Waals surface area contributed by atoms with E-state index in [1.807, 2.05) is 31.2 Å². The van der Waals surface area contributed by atoms with Gasteiger partial charge < -0.3 is 10.3 Å². The van der Waals surface area contributed by atoms with E-state index in [0.717, 1.165) is 11.3 Å². The first kappa shape index (κ1) is 15.3. The van der Waals surface area contributed by atoms with Crippen molar-refractivity contribution in [1.29, 1.82) is 0 Å². The van der Waals surface area contributed by atoms with E-state index in [-0.39, 0.29) is 16.7 Å². The van der Waals surface area contributed by atoms with Crippen molar-refractivity contribution in [2.75, 3.05) is 5.32 Å². The molecule has 0 spiro atoms. The van der Waals surface area contributed by atoms with Gasteiger partial charge in [0.25, 0.3) is 5.56 Å². The van der Waals surface area contributed by atoms with Crippen LogP contribution in [0, 0.1) is 13.8 Å². The Balaban J connectivity index is 2.06. The van der Waals surface area contributed by atoms with Gasteiger partial charge in [0.1, 0.15) is 0 Å². The SMILES string of the molecule is Cc1cc(=O)[nH]c(S[C@H](C)C(=O)Nc2ccccc2C)n1. The van der Waals surface area contributed by atoms with Gasteiger partial charge in [-0.2, -0.15) is 0 Å². The summed E-state index contributed by atoms with van der Waals surface area (Å²) < 4.78 is 0. The molecule has 0 aliphatic carbocycles. The second-order valence-corrected chi connectivity index (χ2v) is 6.09. The monoisotopic (exact) mass is 303 g/mol.